The fraction of sp³-hybridized carbons (Fsp3) is 0.500. The minimum atomic E-state index is -0.183. The maximum Gasteiger partial charge on any atom is 0.236 e. The average molecular weight is 360 g/mol. The summed E-state index contributed by atoms with van der Waals surface area (Å²) in [7, 11) is 0. The molecule has 4 nitrogen and oxygen atoms in total. The van der Waals surface area contributed by atoms with E-state index in [1.165, 1.54) is 22.9 Å². The Morgan fingerprint density at radius 3 is 2.28 bits per heavy atom. The molecule has 1 aromatic carbocycles. The highest BCUT2D eigenvalue weighted by atomic mass is 32.2. The molecule has 1 aromatic heterocycles. The minimum absolute atomic E-state index is 0.157. The molecule has 0 bridgehead atoms. The number of aryl methyl sites for hydroxylation is 2. The van der Waals surface area contributed by atoms with Crippen LogP contribution in [0, 0.1) is 13.8 Å². The van der Waals surface area contributed by atoms with E-state index in [1.807, 2.05) is 18.0 Å². The van der Waals surface area contributed by atoms with E-state index in [1.54, 1.807) is 6.20 Å². The molecule has 0 aliphatic carbocycles. The molecule has 0 spiro atoms. The third kappa shape index (κ3) is 4.46. The summed E-state index contributed by atoms with van der Waals surface area (Å²) in [5.74, 6) is 0.157. The van der Waals surface area contributed by atoms with Crippen LogP contribution >= 0.6 is 11.8 Å². The SMILES string of the molecule is Cc1ccc(-n2ccnc2SC(C)C(=O)N(C(C)C)C(C)C)cc1C. The van der Waals surface area contributed by atoms with E-state index in [9.17, 15) is 4.79 Å². The molecule has 0 fully saturated rings. The Bertz CT molecular complexity index is 728. The maximum absolute atomic E-state index is 12.9. The normalized spacial score (nSPS) is 12.7. The first kappa shape index (κ1) is 19.6. The third-order valence-corrected chi connectivity index (χ3v) is 5.44. The summed E-state index contributed by atoms with van der Waals surface area (Å²) < 4.78 is 2.05. The zero-order valence-electron chi connectivity index (χ0n) is 16.3. The first-order chi connectivity index (χ1) is 11.7. The molecule has 2 rings (SSSR count). The summed E-state index contributed by atoms with van der Waals surface area (Å²) in [6.45, 7) is 14.4. The number of imidazole rings is 1. The lowest BCUT2D eigenvalue weighted by Gasteiger charge is -2.32. The van der Waals surface area contributed by atoms with Crippen LogP contribution in [-0.2, 0) is 4.79 Å². The average Bonchev–Trinajstić information content (AvgIpc) is 2.97. The van der Waals surface area contributed by atoms with Crippen LogP contribution in [0.15, 0.2) is 35.7 Å². The fourth-order valence-corrected chi connectivity index (χ4v) is 3.91. The molecule has 0 N–H and O–H groups in total. The number of hydrogen-bond acceptors (Lipinski definition) is 3. The molecule has 1 atom stereocenters. The van der Waals surface area contributed by atoms with Gasteiger partial charge in [0, 0.05) is 30.2 Å². The zero-order chi connectivity index (χ0) is 18.7. The number of benzene rings is 1. The van der Waals surface area contributed by atoms with Crippen molar-refractivity contribution >= 4 is 17.7 Å². The summed E-state index contributed by atoms with van der Waals surface area (Å²) in [6.07, 6.45) is 3.74. The van der Waals surface area contributed by atoms with E-state index in [0.717, 1.165) is 10.8 Å². The monoisotopic (exact) mass is 359 g/mol. The Balaban J connectivity index is 2.22. The first-order valence-corrected chi connectivity index (χ1v) is 9.70. The predicted molar refractivity (Wildman–Crippen MR) is 105 cm³/mol. The summed E-state index contributed by atoms with van der Waals surface area (Å²) in [5, 5.41) is 0.661. The van der Waals surface area contributed by atoms with Gasteiger partial charge in [0.25, 0.3) is 0 Å². The highest BCUT2D eigenvalue weighted by Crippen LogP contribution is 2.27. The van der Waals surface area contributed by atoms with Gasteiger partial charge in [-0.2, -0.15) is 0 Å². The predicted octanol–water partition coefficient (Wildman–Crippen LogP) is 4.62. The number of carbonyl (C=O) groups is 1. The van der Waals surface area contributed by atoms with E-state index in [-0.39, 0.29) is 23.2 Å². The van der Waals surface area contributed by atoms with Crippen molar-refractivity contribution < 1.29 is 4.79 Å². The van der Waals surface area contributed by atoms with Crippen molar-refractivity contribution in [2.45, 2.75) is 71.0 Å². The number of amides is 1. The lowest BCUT2D eigenvalue weighted by Crippen LogP contribution is -2.45. The molecule has 0 saturated heterocycles. The van der Waals surface area contributed by atoms with Crippen molar-refractivity contribution in [3.05, 3.63) is 41.7 Å². The van der Waals surface area contributed by atoms with Crippen LogP contribution in [0.5, 0.6) is 0 Å². The van der Waals surface area contributed by atoms with Gasteiger partial charge >= 0.3 is 0 Å². The van der Waals surface area contributed by atoms with Crippen LogP contribution in [0.2, 0.25) is 0 Å². The minimum Gasteiger partial charge on any atom is -0.337 e. The van der Waals surface area contributed by atoms with Gasteiger partial charge < -0.3 is 4.90 Å². The molecular formula is C20H29N3OS. The van der Waals surface area contributed by atoms with Crippen LogP contribution in [-0.4, -0.2) is 37.7 Å². The number of rotatable bonds is 6. The van der Waals surface area contributed by atoms with Gasteiger partial charge in [-0.15, -0.1) is 0 Å². The van der Waals surface area contributed by atoms with Crippen molar-refractivity contribution in [1.82, 2.24) is 14.5 Å². The lowest BCUT2D eigenvalue weighted by molar-refractivity contribution is -0.133. The summed E-state index contributed by atoms with van der Waals surface area (Å²) in [4.78, 5) is 19.3. The van der Waals surface area contributed by atoms with Crippen LogP contribution in [0.25, 0.3) is 5.69 Å². The molecule has 5 heteroatoms. The third-order valence-electron chi connectivity index (χ3n) is 4.37. The van der Waals surface area contributed by atoms with Gasteiger partial charge in [0.05, 0.1) is 5.25 Å². The number of aromatic nitrogens is 2. The second-order valence-electron chi connectivity index (χ2n) is 7.04. The maximum atomic E-state index is 12.9. The number of nitrogens with zero attached hydrogens (tertiary/aromatic N) is 3. The van der Waals surface area contributed by atoms with Gasteiger partial charge in [-0.05, 0) is 71.7 Å². The Hall–Kier alpha value is -1.75. The highest BCUT2D eigenvalue weighted by Gasteiger charge is 2.26. The number of thioether (sulfide) groups is 1. The van der Waals surface area contributed by atoms with E-state index in [4.69, 9.17) is 0 Å². The van der Waals surface area contributed by atoms with Gasteiger partial charge in [0.2, 0.25) is 5.91 Å². The van der Waals surface area contributed by atoms with Crippen LogP contribution in [0.4, 0.5) is 0 Å². The van der Waals surface area contributed by atoms with E-state index in [0.29, 0.717) is 0 Å². The van der Waals surface area contributed by atoms with Crippen LogP contribution in [0.3, 0.4) is 0 Å². The van der Waals surface area contributed by atoms with Crippen molar-refractivity contribution in [2.24, 2.45) is 0 Å². The van der Waals surface area contributed by atoms with Gasteiger partial charge in [-0.3, -0.25) is 9.36 Å². The van der Waals surface area contributed by atoms with Crippen molar-refractivity contribution in [2.75, 3.05) is 0 Å². The van der Waals surface area contributed by atoms with Crippen LogP contribution in [0.1, 0.15) is 45.7 Å². The molecule has 0 radical (unpaired) electrons. The van der Waals surface area contributed by atoms with Crippen molar-refractivity contribution in [3.63, 3.8) is 0 Å². The molecule has 1 heterocycles. The van der Waals surface area contributed by atoms with Gasteiger partial charge in [0.1, 0.15) is 0 Å². The molecule has 136 valence electrons. The second-order valence-corrected chi connectivity index (χ2v) is 8.35. The van der Waals surface area contributed by atoms with Crippen molar-refractivity contribution in [3.8, 4) is 5.69 Å². The van der Waals surface area contributed by atoms with Gasteiger partial charge in [0.15, 0.2) is 5.16 Å². The summed E-state index contributed by atoms with van der Waals surface area (Å²) in [6, 6.07) is 6.74. The Morgan fingerprint density at radius 1 is 1.08 bits per heavy atom. The Morgan fingerprint density at radius 2 is 1.72 bits per heavy atom. The Labute approximate surface area is 155 Å². The fourth-order valence-electron chi connectivity index (χ4n) is 2.97. The second kappa shape index (κ2) is 8.09. The number of carbonyl (C=O) groups excluding carboxylic acids is 1. The molecule has 2 aromatic rings. The van der Waals surface area contributed by atoms with Crippen LogP contribution < -0.4 is 0 Å². The summed E-state index contributed by atoms with van der Waals surface area (Å²) >= 11 is 1.51. The molecular weight excluding hydrogens is 330 g/mol. The van der Waals surface area contributed by atoms with E-state index < -0.39 is 0 Å². The smallest absolute Gasteiger partial charge is 0.236 e. The largest absolute Gasteiger partial charge is 0.337 e. The Kier molecular flexibility index (Phi) is 6.33. The molecule has 0 aliphatic heterocycles. The molecule has 25 heavy (non-hydrogen) atoms. The highest BCUT2D eigenvalue weighted by molar-refractivity contribution is 8.00. The standard InChI is InChI=1S/C20H29N3OS/c1-13(2)23(14(3)4)19(24)17(7)25-20-21-10-11-22(20)18-9-8-15(5)16(6)12-18/h8-14,17H,1-7H3. The molecule has 1 amide bonds. The molecule has 0 aliphatic rings. The topological polar surface area (TPSA) is 38.1 Å². The van der Waals surface area contributed by atoms with E-state index in [2.05, 4.69) is 69.3 Å². The van der Waals surface area contributed by atoms with E-state index >= 15 is 0 Å². The van der Waals surface area contributed by atoms with Gasteiger partial charge in [-0.1, -0.05) is 17.8 Å². The number of hydrogen-bond donors (Lipinski definition) is 0. The molecule has 0 saturated carbocycles. The quantitative estimate of drug-likeness (QED) is 0.707. The lowest BCUT2D eigenvalue weighted by atomic mass is 10.1. The zero-order valence-corrected chi connectivity index (χ0v) is 17.1. The van der Waals surface area contributed by atoms with Crippen molar-refractivity contribution in [1.29, 1.82) is 0 Å². The van der Waals surface area contributed by atoms with Gasteiger partial charge in [-0.25, -0.2) is 4.98 Å². The summed E-state index contributed by atoms with van der Waals surface area (Å²) in [5.41, 5.74) is 3.59. The molecule has 1 unspecified atom stereocenters. The first-order valence-electron chi connectivity index (χ1n) is 8.82.